The van der Waals surface area contributed by atoms with Gasteiger partial charge >= 0.3 is 0 Å². The molecule has 0 saturated heterocycles. The van der Waals surface area contributed by atoms with Crippen LogP contribution >= 0.6 is 0 Å². The third-order valence-electron chi connectivity index (χ3n) is 6.04. The molecular weight excluding hydrogens is 364 g/mol. The summed E-state index contributed by atoms with van der Waals surface area (Å²) in [7, 11) is 0. The molecule has 2 aromatic rings. The zero-order valence-corrected chi connectivity index (χ0v) is 18.7. The summed E-state index contributed by atoms with van der Waals surface area (Å²) in [5.41, 5.74) is 4.05. The Kier molecular flexibility index (Phi) is 9.10. The molecule has 2 aromatic carbocycles. The van der Waals surface area contributed by atoms with E-state index < -0.39 is 0 Å². The quantitative estimate of drug-likeness (QED) is 0.412. The van der Waals surface area contributed by atoms with Crippen molar-refractivity contribution >= 4 is 0 Å². The Bertz CT molecular complexity index is 825. The second-order valence-corrected chi connectivity index (χ2v) is 8.46. The molecule has 0 aliphatic heterocycles. The molecule has 1 heteroatoms. The van der Waals surface area contributed by atoms with E-state index in [1.165, 1.54) is 56.1 Å². The van der Waals surface area contributed by atoms with Gasteiger partial charge in [-0.25, -0.2) is 0 Å². The van der Waals surface area contributed by atoms with E-state index in [4.69, 9.17) is 4.74 Å². The van der Waals surface area contributed by atoms with Gasteiger partial charge in [0.2, 0.25) is 0 Å². The van der Waals surface area contributed by atoms with Crippen molar-refractivity contribution in [1.82, 2.24) is 0 Å². The predicted molar refractivity (Wildman–Crippen MR) is 128 cm³/mol. The fourth-order valence-electron chi connectivity index (χ4n) is 4.15. The zero-order chi connectivity index (χ0) is 21.0. The molecule has 1 fully saturated rings. The van der Waals surface area contributed by atoms with Crippen LogP contribution in [0.15, 0.2) is 60.7 Å². The lowest BCUT2D eigenvalue weighted by atomic mass is 9.78. The van der Waals surface area contributed by atoms with Gasteiger partial charge in [0.25, 0.3) is 0 Å². The maximum absolute atomic E-state index is 5.61. The van der Waals surface area contributed by atoms with Crippen molar-refractivity contribution < 1.29 is 4.74 Å². The minimum atomic E-state index is 0.671. The molecule has 0 radical (unpaired) electrons. The first-order valence-corrected chi connectivity index (χ1v) is 11.8. The fraction of sp³-hybridized carbons (Fsp3) is 0.448. The molecule has 0 aromatic heterocycles. The second kappa shape index (κ2) is 12.3. The summed E-state index contributed by atoms with van der Waals surface area (Å²) in [4.78, 5) is 0. The van der Waals surface area contributed by atoms with Crippen molar-refractivity contribution in [2.75, 3.05) is 6.61 Å². The fourth-order valence-corrected chi connectivity index (χ4v) is 4.15. The molecule has 0 bridgehead atoms. The van der Waals surface area contributed by atoms with Gasteiger partial charge < -0.3 is 4.74 Å². The number of aryl methyl sites for hydroxylation is 1. The van der Waals surface area contributed by atoms with Crippen LogP contribution in [0, 0.1) is 17.8 Å². The molecule has 0 amide bonds. The highest BCUT2D eigenvalue weighted by molar-refractivity contribution is 5.40. The van der Waals surface area contributed by atoms with Crippen LogP contribution in [0.2, 0.25) is 0 Å². The lowest BCUT2D eigenvalue weighted by Crippen LogP contribution is -2.11. The number of benzene rings is 2. The average Bonchev–Trinajstić information content (AvgIpc) is 2.81. The Hall–Kier alpha value is -2.46. The summed E-state index contributed by atoms with van der Waals surface area (Å²) in [6.07, 6.45) is 14.3. The van der Waals surface area contributed by atoms with E-state index in [1.807, 2.05) is 24.3 Å². The Morgan fingerprint density at radius 1 is 0.900 bits per heavy atom. The van der Waals surface area contributed by atoms with E-state index in [0.29, 0.717) is 5.92 Å². The molecule has 3 rings (SSSR count). The summed E-state index contributed by atoms with van der Waals surface area (Å²) in [5, 5.41) is 0. The summed E-state index contributed by atoms with van der Waals surface area (Å²) in [6, 6.07) is 17.5. The number of unbranched alkanes of at least 4 members (excludes halogenated alkanes) is 1. The van der Waals surface area contributed by atoms with Gasteiger partial charge in [-0.1, -0.05) is 62.5 Å². The smallest absolute Gasteiger partial charge is 0.119 e. The topological polar surface area (TPSA) is 9.23 Å². The Morgan fingerprint density at radius 2 is 1.63 bits per heavy atom. The summed E-state index contributed by atoms with van der Waals surface area (Å²) < 4.78 is 5.61. The molecule has 0 heterocycles. The van der Waals surface area contributed by atoms with Crippen molar-refractivity contribution in [3.05, 3.63) is 77.4 Å². The molecular formula is C29H36O. The number of hydrogen-bond acceptors (Lipinski definition) is 1. The van der Waals surface area contributed by atoms with Crippen molar-refractivity contribution in [3.8, 4) is 17.6 Å². The highest BCUT2D eigenvalue weighted by Gasteiger charge is 2.20. The molecule has 30 heavy (non-hydrogen) atoms. The number of hydrogen-bond donors (Lipinski definition) is 0. The van der Waals surface area contributed by atoms with Crippen LogP contribution in [0.25, 0.3) is 0 Å². The molecule has 0 N–H and O–H groups in total. The molecule has 0 unspecified atom stereocenters. The zero-order valence-electron chi connectivity index (χ0n) is 18.7. The van der Waals surface area contributed by atoms with Gasteiger partial charge in [0, 0.05) is 5.56 Å². The monoisotopic (exact) mass is 400 g/mol. The molecule has 1 aliphatic carbocycles. The minimum Gasteiger partial charge on any atom is -0.494 e. The van der Waals surface area contributed by atoms with Crippen LogP contribution in [0.1, 0.15) is 81.4 Å². The van der Waals surface area contributed by atoms with Crippen LogP contribution in [0.3, 0.4) is 0 Å². The van der Waals surface area contributed by atoms with E-state index in [2.05, 4.69) is 62.1 Å². The van der Waals surface area contributed by atoms with Gasteiger partial charge in [-0.3, -0.25) is 0 Å². The molecule has 0 spiro atoms. The lowest BCUT2D eigenvalue weighted by molar-refractivity contribution is 0.317. The highest BCUT2D eigenvalue weighted by Crippen LogP contribution is 2.36. The summed E-state index contributed by atoms with van der Waals surface area (Å²) in [5.74, 6) is 8.76. The van der Waals surface area contributed by atoms with Crippen molar-refractivity contribution in [2.24, 2.45) is 5.92 Å². The van der Waals surface area contributed by atoms with E-state index in [1.54, 1.807) is 0 Å². The summed E-state index contributed by atoms with van der Waals surface area (Å²) >= 11 is 0. The molecule has 1 saturated carbocycles. The van der Waals surface area contributed by atoms with Crippen LogP contribution in [0.5, 0.6) is 5.75 Å². The van der Waals surface area contributed by atoms with E-state index >= 15 is 0 Å². The van der Waals surface area contributed by atoms with Crippen LogP contribution < -0.4 is 4.74 Å². The van der Waals surface area contributed by atoms with Gasteiger partial charge in [-0.2, -0.15) is 0 Å². The maximum atomic E-state index is 5.61. The number of ether oxygens (including phenoxy) is 1. The summed E-state index contributed by atoms with van der Waals surface area (Å²) in [6.45, 7) is 5.14. The Morgan fingerprint density at radius 3 is 2.30 bits per heavy atom. The lowest BCUT2D eigenvalue weighted by Gasteiger charge is -2.27. The van der Waals surface area contributed by atoms with Crippen LogP contribution in [-0.4, -0.2) is 6.61 Å². The predicted octanol–water partition coefficient (Wildman–Crippen LogP) is 7.70. The first-order chi connectivity index (χ1) is 14.8. The SMILES string of the molecule is CCCCc1ccc(C2CCC(C=CC#Cc3ccc(OCCC)cc3)CC2)cc1. The highest BCUT2D eigenvalue weighted by atomic mass is 16.5. The van der Waals surface area contributed by atoms with Crippen molar-refractivity contribution in [3.63, 3.8) is 0 Å². The first-order valence-electron chi connectivity index (χ1n) is 11.8. The van der Waals surface area contributed by atoms with E-state index in [-0.39, 0.29) is 0 Å². The van der Waals surface area contributed by atoms with Crippen molar-refractivity contribution in [1.29, 1.82) is 0 Å². The first kappa shape index (κ1) is 22.2. The third-order valence-corrected chi connectivity index (χ3v) is 6.04. The van der Waals surface area contributed by atoms with Crippen LogP contribution in [0.4, 0.5) is 0 Å². The normalized spacial score (nSPS) is 18.7. The van der Waals surface area contributed by atoms with E-state index in [0.717, 1.165) is 30.3 Å². The van der Waals surface area contributed by atoms with Gasteiger partial charge in [0.15, 0.2) is 0 Å². The third kappa shape index (κ3) is 7.10. The van der Waals surface area contributed by atoms with Gasteiger partial charge in [-0.15, -0.1) is 0 Å². The minimum absolute atomic E-state index is 0.671. The molecule has 0 atom stereocenters. The molecule has 158 valence electrons. The van der Waals surface area contributed by atoms with Crippen molar-refractivity contribution in [2.45, 2.75) is 71.1 Å². The van der Waals surface area contributed by atoms with E-state index in [9.17, 15) is 0 Å². The van der Waals surface area contributed by atoms with Gasteiger partial charge in [-0.05, 0) is 98.2 Å². The maximum Gasteiger partial charge on any atom is 0.119 e. The van der Waals surface area contributed by atoms with Crippen LogP contribution in [-0.2, 0) is 6.42 Å². The van der Waals surface area contributed by atoms with Gasteiger partial charge in [0.05, 0.1) is 6.61 Å². The van der Waals surface area contributed by atoms with Gasteiger partial charge in [0.1, 0.15) is 5.75 Å². The number of rotatable bonds is 8. The second-order valence-electron chi connectivity index (χ2n) is 8.46. The largest absolute Gasteiger partial charge is 0.494 e. The molecule has 1 aliphatic rings. The average molecular weight is 401 g/mol. The Balaban J connectivity index is 1.43. The molecule has 1 nitrogen and oxygen atoms in total. The standard InChI is InChI=1S/C29H36O/c1-3-5-8-24-11-17-27(18-12-24)28-19-13-25(14-20-28)9-6-7-10-26-15-21-29(22-16-26)30-23-4-2/h6,9,11-12,15-18,21-22,25,28H,3-5,8,13-14,19-20,23H2,1-2H3. The Labute approximate surface area is 183 Å². The number of allylic oxidation sites excluding steroid dienone is 2.